The van der Waals surface area contributed by atoms with Gasteiger partial charge in [0.2, 0.25) is 0 Å². The van der Waals surface area contributed by atoms with Crippen LogP contribution in [0.15, 0.2) is 18.2 Å². The number of esters is 1. The van der Waals surface area contributed by atoms with E-state index in [-0.39, 0.29) is 30.7 Å². The highest BCUT2D eigenvalue weighted by Crippen LogP contribution is 2.21. The first-order valence-electron chi connectivity index (χ1n) is 8.34. The monoisotopic (exact) mass is 338 g/mol. The summed E-state index contributed by atoms with van der Waals surface area (Å²) < 4.78 is 10.6. The van der Waals surface area contributed by atoms with Gasteiger partial charge in [-0.3, -0.25) is 4.79 Å². The topological polar surface area (TPSA) is 76.0 Å². The van der Waals surface area contributed by atoms with Crippen molar-refractivity contribution >= 4 is 5.97 Å². The van der Waals surface area contributed by atoms with Crippen molar-refractivity contribution in [2.45, 2.75) is 58.8 Å². The molecule has 1 unspecified atom stereocenters. The van der Waals surface area contributed by atoms with Crippen LogP contribution >= 0.6 is 0 Å². The van der Waals surface area contributed by atoms with Gasteiger partial charge in [0.15, 0.2) is 0 Å². The number of aliphatic hydroxyl groups excluding tert-OH is 2. The number of benzene rings is 1. The minimum absolute atomic E-state index is 0.0275. The molecule has 0 fully saturated rings. The average Bonchev–Trinajstić information content (AvgIpc) is 2.58. The molecule has 0 spiro atoms. The van der Waals surface area contributed by atoms with Gasteiger partial charge in [-0.1, -0.05) is 25.1 Å². The predicted molar refractivity (Wildman–Crippen MR) is 92.4 cm³/mol. The normalized spacial score (nSPS) is 12.9. The number of carbonyl (C=O) groups excluding carboxylic acids is 1. The van der Waals surface area contributed by atoms with Crippen LogP contribution in [0.4, 0.5) is 0 Å². The van der Waals surface area contributed by atoms with E-state index in [1.165, 1.54) is 7.11 Å². The van der Waals surface area contributed by atoms with Crippen molar-refractivity contribution < 1.29 is 24.5 Å². The maximum absolute atomic E-state index is 11.2. The van der Waals surface area contributed by atoms with Crippen molar-refractivity contribution in [3.8, 4) is 0 Å². The zero-order valence-electron chi connectivity index (χ0n) is 15.2. The summed E-state index contributed by atoms with van der Waals surface area (Å²) in [5.41, 5.74) is 2.33. The summed E-state index contributed by atoms with van der Waals surface area (Å²) >= 11 is 0. The average molecular weight is 338 g/mol. The summed E-state index contributed by atoms with van der Waals surface area (Å²) in [6.07, 6.45) is 1.74. The molecule has 0 bridgehead atoms. The van der Waals surface area contributed by atoms with Gasteiger partial charge in [0, 0.05) is 6.42 Å². The van der Waals surface area contributed by atoms with E-state index in [2.05, 4.69) is 11.7 Å². The standard InChI is InChI=1S/C19H30O5/c1-14(13-24-19(2,3)8-7-18(22)23-4)9-16-6-5-15(11-20)10-17(16)12-21/h5-6,10,14,20-21H,7-9,11-13H2,1-4H3. The summed E-state index contributed by atoms with van der Waals surface area (Å²) in [4.78, 5) is 11.2. The van der Waals surface area contributed by atoms with Crippen LogP contribution in [-0.2, 0) is 33.9 Å². The lowest BCUT2D eigenvalue weighted by molar-refractivity contribution is -0.142. The Morgan fingerprint density at radius 2 is 1.92 bits per heavy atom. The molecule has 5 heteroatoms. The van der Waals surface area contributed by atoms with Crippen molar-refractivity contribution in [1.29, 1.82) is 0 Å². The fourth-order valence-electron chi connectivity index (χ4n) is 2.50. The molecule has 0 aliphatic carbocycles. The van der Waals surface area contributed by atoms with Gasteiger partial charge < -0.3 is 19.7 Å². The Kier molecular flexibility index (Phi) is 8.39. The zero-order chi connectivity index (χ0) is 18.2. The van der Waals surface area contributed by atoms with Crippen molar-refractivity contribution in [2.75, 3.05) is 13.7 Å². The summed E-state index contributed by atoms with van der Waals surface area (Å²) in [7, 11) is 1.39. The second-order valence-corrected chi connectivity index (χ2v) is 6.88. The van der Waals surface area contributed by atoms with E-state index >= 15 is 0 Å². The molecule has 1 aromatic rings. The van der Waals surface area contributed by atoms with Gasteiger partial charge in [-0.05, 0) is 49.3 Å². The first kappa shape index (κ1) is 20.6. The molecule has 1 aromatic carbocycles. The molecular weight excluding hydrogens is 308 g/mol. The van der Waals surface area contributed by atoms with Crippen LogP contribution < -0.4 is 0 Å². The molecule has 1 rings (SSSR count). The lowest BCUT2D eigenvalue weighted by Gasteiger charge is -2.27. The molecule has 0 saturated carbocycles. The van der Waals surface area contributed by atoms with Gasteiger partial charge in [-0.15, -0.1) is 0 Å². The number of carbonyl (C=O) groups is 1. The lowest BCUT2D eigenvalue weighted by Crippen LogP contribution is -2.28. The Hall–Kier alpha value is -1.43. The third kappa shape index (κ3) is 6.99. The summed E-state index contributed by atoms with van der Waals surface area (Å²) in [5, 5.41) is 18.7. The Balaban J connectivity index is 2.54. The van der Waals surface area contributed by atoms with Crippen molar-refractivity contribution in [3.63, 3.8) is 0 Å². The fraction of sp³-hybridized carbons (Fsp3) is 0.632. The number of hydrogen-bond donors (Lipinski definition) is 2. The molecule has 0 aromatic heterocycles. The quantitative estimate of drug-likeness (QED) is 0.641. The van der Waals surface area contributed by atoms with Gasteiger partial charge in [0.05, 0.1) is 32.5 Å². The van der Waals surface area contributed by atoms with Crippen LogP contribution in [0.3, 0.4) is 0 Å². The molecule has 0 amide bonds. The Morgan fingerprint density at radius 1 is 1.21 bits per heavy atom. The zero-order valence-corrected chi connectivity index (χ0v) is 15.2. The highest BCUT2D eigenvalue weighted by atomic mass is 16.5. The Labute approximate surface area is 144 Å². The molecule has 0 radical (unpaired) electrons. The maximum atomic E-state index is 11.2. The summed E-state index contributed by atoms with van der Waals surface area (Å²) in [6, 6.07) is 5.67. The number of aliphatic hydroxyl groups is 2. The van der Waals surface area contributed by atoms with Crippen LogP contribution in [-0.4, -0.2) is 35.5 Å². The van der Waals surface area contributed by atoms with Gasteiger partial charge in [0.1, 0.15) is 0 Å². The van der Waals surface area contributed by atoms with Crippen LogP contribution in [0, 0.1) is 5.92 Å². The maximum Gasteiger partial charge on any atom is 0.305 e. The number of rotatable bonds is 10. The molecule has 0 aliphatic rings. The first-order valence-corrected chi connectivity index (χ1v) is 8.34. The van der Waals surface area contributed by atoms with E-state index in [4.69, 9.17) is 4.74 Å². The minimum Gasteiger partial charge on any atom is -0.469 e. The molecule has 24 heavy (non-hydrogen) atoms. The van der Waals surface area contributed by atoms with Crippen molar-refractivity contribution in [1.82, 2.24) is 0 Å². The first-order chi connectivity index (χ1) is 11.3. The van der Waals surface area contributed by atoms with Gasteiger partial charge >= 0.3 is 5.97 Å². The van der Waals surface area contributed by atoms with Gasteiger partial charge in [-0.2, -0.15) is 0 Å². The molecule has 5 nitrogen and oxygen atoms in total. The van der Waals surface area contributed by atoms with Gasteiger partial charge in [0.25, 0.3) is 0 Å². The third-order valence-corrected chi connectivity index (χ3v) is 4.11. The van der Waals surface area contributed by atoms with Crippen LogP contribution in [0.5, 0.6) is 0 Å². The second-order valence-electron chi connectivity index (χ2n) is 6.88. The van der Waals surface area contributed by atoms with Crippen molar-refractivity contribution in [3.05, 3.63) is 34.9 Å². The Bertz CT molecular complexity index is 524. The molecule has 0 aliphatic heterocycles. The molecule has 1 atom stereocenters. The van der Waals surface area contributed by atoms with Gasteiger partial charge in [-0.25, -0.2) is 0 Å². The smallest absolute Gasteiger partial charge is 0.305 e. The molecule has 0 heterocycles. The minimum atomic E-state index is -0.386. The highest BCUT2D eigenvalue weighted by molar-refractivity contribution is 5.69. The van der Waals surface area contributed by atoms with Crippen molar-refractivity contribution in [2.24, 2.45) is 5.92 Å². The summed E-state index contributed by atoms with van der Waals surface area (Å²) in [6.45, 7) is 6.54. The number of methoxy groups -OCH3 is 1. The molecular formula is C19H30O5. The van der Waals surface area contributed by atoms with E-state index in [0.717, 1.165) is 23.1 Å². The van der Waals surface area contributed by atoms with E-state index in [1.54, 1.807) is 0 Å². The third-order valence-electron chi connectivity index (χ3n) is 4.11. The number of hydrogen-bond acceptors (Lipinski definition) is 5. The van der Waals surface area contributed by atoms with Crippen LogP contribution in [0.1, 0.15) is 50.3 Å². The Morgan fingerprint density at radius 3 is 2.50 bits per heavy atom. The van der Waals surface area contributed by atoms with E-state index in [0.29, 0.717) is 19.4 Å². The second kappa shape index (κ2) is 9.77. The lowest BCUT2D eigenvalue weighted by atomic mass is 9.95. The molecule has 0 saturated heterocycles. The highest BCUT2D eigenvalue weighted by Gasteiger charge is 2.21. The van der Waals surface area contributed by atoms with Crippen LogP contribution in [0.25, 0.3) is 0 Å². The SMILES string of the molecule is COC(=O)CCC(C)(C)OCC(C)Cc1ccc(CO)cc1CO. The fourth-order valence-corrected chi connectivity index (χ4v) is 2.50. The van der Waals surface area contributed by atoms with E-state index < -0.39 is 0 Å². The van der Waals surface area contributed by atoms with E-state index in [9.17, 15) is 15.0 Å². The van der Waals surface area contributed by atoms with E-state index in [1.807, 2.05) is 32.0 Å². The van der Waals surface area contributed by atoms with Crippen LogP contribution in [0.2, 0.25) is 0 Å². The molecule has 136 valence electrons. The predicted octanol–water partition coefficient (Wildman–Crippen LogP) is 2.60. The molecule has 2 N–H and O–H groups in total. The summed E-state index contributed by atoms with van der Waals surface area (Å²) in [5.74, 6) is 0.0453. The largest absolute Gasteiger partial charge is 0.469 e. The number of ether oxygens (including phenoxy) is 2.